The molecule has 0 saturated carbocycles. The average Bonchev–Trinajstić information content (AvgIpc) is 3.13. The molecule has 0 aliphatic carbocycles. The van der Waals surface area contributed by atoms with Gasteiger partial charge in [0.15, 0.2) is 0 Å². The molecule has 1 aromatic carbocycles. The number of amides is 2. The molecule has 10 nitrogen and oxygen atoms in total. The average molecular weight is 565 g/mol. The third kappa shape index (κ3) is 9.79. The first-order valence-electron chi connectivity index (χ1n) is 13.4. The molecule has 1 aliphatic heterocycles. The van der Waals surface area contributed by atoms with Crippen LogP contribution < -0.4 is 5.32 Å². The van der Waals surface area contributed by atoms with Crippen LogP contribution in [0.2, 0.25) is 13.1 Å². The SMILES string of the molecule is C[Si](C)O[C@@]1(CC(C)(C)CNC(=O)OCc2ccc([N+](=O)[O-])cc2)C[C@H](C(C)(C)C)CN1C(=O)OC(C)(C)C. The number of non-ortho nitro benzene ring substituents is 1. The van der Waals surface area contributed by atoms with E-state index in [1.54, 1.807) is 17.0 Å². The Bertz CT molecular complexity index is 1020. The van der Waals surface area contributed by atoms with Gasteiger partial charge in [0, 0.05) is 31.6 Å². The maximum Gasteiger partial charge on any atom is 0.412 e. The summed E-state index contributed by atoms with van der Waals surface area (Å²) in [6.07, 6.45) is 0.211. The summed E-state index contributed by atoms with van der Waals surface area (Å²) in [6.45, 7) is 21.1. The predicted octanol–water partition coefficient (Wildman–Crippen LogP) is 6.50. The summed E-state index contributed by atoms with van der Waals surface area (Å²) in [5, 5.41) is 13.7. The summed E-state index contributed by atoms with van der Waals surface area (Å²) in [5.74, 6) is 0.210. The number of alkyl carbamates (subject to hydrolysis) is 1. The molecule has 1 aliphatic rings. The topological polar surface area (TPSA) is 120 Å². The monoisotopic (exact) mass is 564 g/mol. The molecule has 39 heavy (non-hydrogen) atoms. The van der Waals surface area contributed by atoms with Gasteiger partial charge in [0.25, 0.3) is 5.69 Å². The molecule has 0 unspecified atom stereocenters. The summed E-state index contributed by atoms with van der Waals surface area (Å²) in [5.41, 5.74) is -1.35. The molecule has 2 atom stereocenters. The number of nitro benzene ring substituents is 1. The number of carbonyl (C=O) groups excluding carboxylic acids is 2. The van der Waals surface area contributed by atoms with Crippen LogP contribution in [0.3, 0.4) is 0 Å². The Hall–Kier alpha value is -2.66. The molecule has 1 N–H and O–H groups in total. The molecular formula is C28H46N3O7Si. The molecule has 0 aromatic heterocycles. The van der Waals surface area contributed by atoms with Crippen LogP contribution in [0.5, 0.6) is 0 Å². The summed E-state index contributed by atoms with van der Waals surface area (Å²) < 4.78 is 17.8. The highest BCUT2D eigenvalue weighted by Gasteiger charge is 2.55. The Labute approximate surface area is 234 Å². The molecule has 1 saturated heterocycles. The van der Waals surface area contributed by atoms with Crippen molar-refractivity contribution < 1.29 is 28.4 Å². The van der Waals surface area contributed by atoms with Gasteiger partial charge in [-0.25, -0.2) is 9.59 Å². The van der Waals surface area contributed by atoms with Gasteiger partial charge in [-0.2, -0.15) is 0 Å². The maximum atomic E-state index is 13.5. The van der Waals surface area contributed by atoms with Crippen molar-refractivity contribution in [2.75, 3.05) is 13.1 Å². The quantitative estimate of drug-likeness (QED) is 0.206. The van der Waals surface area contributed by atoms with Crippen molar-refractivity contribution in [2.45, 2.75) is 99.3 Å². The smallest absolute Gasteiger partial charge is 0.412 e. The number of nitro groups is 1. The van der Waals surface area contributed by atoms with E-state index in [1.807, 2.05) is 34.6 Å². The second kappa shape index (κ2) is 12.2. The number of ether oxygens (including phenoxy) is 2. The third-order valence-electron chi connectivity index (χ3n) is 6.68. The van der Waals surface area contributed by atoms with E-state index in [0.717, 1.165) is 0 Å². The fourth-order valence-electron chi connectivity index (χ4n) is 4.80. The Morgan fingerprint density at radius 1 is 1.10 bits per heavy atom. The van der Waals surface area contributed by atoms with E-state index in [2.05, 4.69) is 39.2 Å². The molecule has 1 radical (unpaired) electrons. The van der Waals surface area contributed by atoms with Gasteiger partial charge in [-0.15, -0.1) is 0 Å². The third-order valence-corrected chi connectivity index (χ3v) is 7.46. The van der Waals surface area contributed by atoms with E-state index in [4.69, 9.17) is 13.9 Å². The minimum Gasteiger partial charge on any atom is -0.445 e. The maximum absolute atomic E-state index is 13.5. The summed E-state index contributed by atoms with van der Waals surface area (Å²) in [7, 11) is -1.20. The van der Waals surface area contributed by atoms with E-state index in [9.17, 15) is 19.7 Å². The number of hydrogen-bond donors (Lipinski definition) is 1. The fraction of sp³-hybridized carbons (Fsp3) is 0.714. The lowest BCUT2D eigenvalue weighted by Gasteiger charge is -2.44. The normalized spacial score (nSPS) is 20.2. The van der Waals surface area contributed by atoms with Gasteiger partial charge >= 0.3 is 12.2 Å². The summed E-state index contributed by atoms with van der Waals surface area (Å²) in [6, 6.07) is 5.86. The predicted molar refractivity (Wildman–Crippen MR) is 151 cm³/mol. The second-order valence-electron chi connectivity index (χ2n) is 13.5. The summed E-state index contributed by atoms with van der Waals surface area (Å²) >= 11 is 0. The summed E-state index contributed by atoms with van der Waals surface area (Å²) in [4.78, 5) is 38.1. The number of benzene rings is 1. The Morgan fingerprint density at radius 2 is 1.69 bits per heavy atom. The largest absolute Gasteiger partial charge is 0.445 e. The van der Waals surface area contributed by atoms with Crippen LogP contribution in [0.4, 0.5) is 15.3 Å². The van der Waals surface area contributed by atoms with Gasteiger partial charge in [-0.3, -0.25) is 15.0 Å². The minimum absolute atomic E-state index is 0.00551. The van der Waals surface area contributed by atoms with Crippen molar-refractivity contribution in [3.8, 4) is 0 Å². The van der Waals surface area contributed by atoms with Crippen LogP contribution in [-0.2, 0) is 20.5 Å². The van der Waals surface area contributed by atoms with E-state index in [0.29, 0.717) is 31.5 Å². The first kappa shape index (κ1) is 32.5. The van der Waals surface area contributed by atoms with Crippen molar-refractivity contribution >= 4 is 26.9 Å². The van der Waals surface area contributed by atoms with Crippen molar-refractivity contribution in [1.29, 1.82) is 0 Å². The highest BCUT2D eigenvalue weighted by Crippen LogP contribution is 2.48. The van der Waals surface area contributed by atoms with Gasteiger partial charge in [0.2, 0.25) is 9.04 Å². The number of nitrogens with zero attached hydrogens (tertiary/aromatic N) is 2. The number of hydrogen-bond acceptors (Lipinski definition) is 7. The minimum atomic E-state index is -1.20. The Morgan fingerprint density at radius 3 is 2.18 bits per heavy atom. The molecular weight excluding hydrogens is 518 g/mol. The molecule has 2 rings (SSSR count). The lowest BCUT2D eigenvalue weighted by molar-refractivity contribution is -0.384. The number of carbonyl (C=O) groups is 2. The van der Waals surface area contributed by atoms with Crippen molar-refractivity contribution in [3.05, 3.63) is 39.9 Å². The first-order valence-corrected chi connectivity index (χ1v) is 15.8. The van der Waals surface area contributed by atoms with Gasteiger partial charge in [0.05, 0.1) is 4.92 Å². The molecule has 1 heterocycles. The van der Waals surface area contributed by atoms with Crippen LogP contribution in [0.15, 0.2) is 24.3 Å². The highest BCUT2D eigenvalue weighted by molar-refractivity contribution is 6.48. The van der Waals surface area contributed by atoms with Gasteiger partial charge in [0.1, 0.15) is 17.9 Å². The molecule has 1 aromatic rings. The zero-order chi connectivity index (χ0) is 29.8. The molecule has 0 spiro atoms. The van der Waals surface area contributed by atoms with Crippen molar-refractivity contribution in [3.63, 3.8) is 0 Å². The number of likely N-dealkylation sites (tertiary alicyclic amines) is 1. The van der Waals surface area contributed by atoms with Crippen LogP contribution >= 0.6 is 0 Å². The van der Waals surface area contributed by atoms with Gasteiger partial charge < -0.3 is 19.2 Å². The standard InChI is InChI=1S/C28H46N3O7Si/c1-25(2,3)21-15-28(38-39(9)10,30(16-21)24(33)37-26(4,5)6)18-27(7,8)19-29-23(32)36-17-20-11-13-22(14-12-20)31(34)35/h11-14,21H,15-19H2,1-10H3,(H,29,32)/t21-,28+/m0/s1. The zero-order valence-corrected chi connectivity index (χ0v) is 26.2. The van der Waals surface area contributed by atoms with Gasteiger partial charge in [-0.05, 0) is 74.7 Å². The van der Waals surface area contributed by atoms with Crippen LogP contribution in [0, 0.1) is 26.9 Å². The lowest BCUT2D eigenvalue weighted by Crippen LogP contribution is -2.55. The molecule has 2 amide bonds. The number of rotatable bonds is 9. The Kier molecular flexibility index (Phi) is 10.2. The first-order chi connectivity index (χ1) is 17.7. The van der Waals surface area contributed by atoms with Gasteiger partial charge in [-0.1, -0.05) is 34.6 Å². The molecule has 1 fully saturated rings. The zero-order valence-electron chi connectivity index (χ0n) is 25.2. The van der Waals surface area contributed by atoms with E-state index >= 15 is 0 Å². The van der Waals surface area contributed by atoms with Crippen LogP contribution in [0.25, 0.3) is 0 Å². The van der Waals surface area contributed by atoms with E-state index < -0.39 is 36.8 Å². The Balaban J connectivity index is 2.16. The number of nitrogens with one attached hydrogen (secondary N) is 1. The highest BCUT2D eigenvalue weighted by atomic mass is 28.3. The van der Waals surface area contributed by atoms with Crippen molar-refractivity contribution in [2.24, 2.45) is 16.7 Å². The molecule has 219 valence electrons. The lowest BCUT2D eigenvalue weighted by atomic mass is 9.76. The molecule has 0 bridgehead atoms. The van der Waals surface area contributed by atoms with E-state index in [1.165, 1.54) is 12.1 Å². The van der Waals surface area contributed by atoms with Crippen LogP contribution in [-0.4, -0.2) is 55.5 Å². The fourth-order valence-corrected chi connectivity index (χ4v) is 5.83. The van der Waals surface area contributed by atoms with E-state index in [-0.39, 0.29) is 29.7 Å². The van der Waals surface area contributed by atoms with Crippen LogP contribution in [0.1, 0.15) is 73.8 Å². The van der Waals surface area contributed by atoms with Crippen molar-refractivity contribution in [1.82, 2.24) is 10.2 Å². The molecule has 11 heteroatoms. The second-order valence-corrected chi connectivity index (χ2v) is 15.5.